The van der Waals surface area contributed by atoms with E-state index < -0.39 is 6.10 Å². The molecule has 0 bridgehead atoms. The van der Waals surface area contributed by atoms with E-state index in [1.54, 1.807) is 24.3 Å². The number of nitrogen functional groups attached to an aromatic ring is 1. The van der Waals surface area contributed by atoms with Crippen molar-refractivity contribution in [1.82, 2.24) is 5.32 Å². The summed E-state index contributed by atoms with van der Waals surface area (Å²) in [5, 5.41) is 12.9. The number of rotatable bonds is 4. The summed E-state index contributed by atoms with van der Waals surface area (Å²) in [4.78, 5) is 12.0. The molecule has 0 saturated heterocycles. The Hall–Kier alpha value is -2.04. The van der Waals surface area contributed by atoms with Crippen molar-refractivity contribution < 1.29 is 9.90 Å². The van der Waals surface area contributed by atoms with E-state index in [-0.39, 0.29) is 17.5 Å². The second kappa shape index (κ2) is 6.41. The summed E-state index contributed by atoms with van der Waals surface area (Å²) in [6, 6.07) is 13.8. The molecule has 2 aromatic carbocycles. The molecule has 1 atom stereocenters. The van der Waals surface area contributed by atoms with E-state index in [2.05, 4.69) is 5.32 Å². The molecule has 2 rings (SSSR count). The number of carbonyl (C=O) groups excluding carboxylic acids is 1. The van der Waals surface area contributed by atoms with E-state index in [9.17, 15) is 9.90 Å². The summed E-state index contributed by atoms with van der Waals surface area (Å²) in [6.07, 6.45) is -0.757. The minimum absolute atomic E-state index is 0.115. The van der Waals surface area contributed by atoms with Crippen LogP contribution in [0.1, 0.15) is 22.0 Å². The van der Waals surface area contributed by atoms with Gasteiger partial charge in [-0.3, -0.25) is 4.79 Å². The van der Waals surface area contributed by atoms with Gasteiger partial charge in [0, 0.05) is 12.2 Å². The van der Waals surface area contributed by atoms with E-state index >= 15 is 0 Å². The maximum Gasteiger partial charge on any atom is 0.252 e. The number of hydrogen-bond donors (Lipinski definition) is 3. The minimum atomic E-state index is -0.757. The Labute approximate surface area is 122 Å². The summed E-state index contributed by atoms with van der Waals surface area (Å²) in [5.41, 5.74) is 7.15. The number of amides is 1. The minimum Gasteiger partial charge on any atom is -0.399 e. The van der Waals surface area contributed by atoms with Crippen LogP contribution in [0.4, 0.5) is 5.69 Å². The zero-order valence-electron chi connectivity index (χ0n) is 10.7. The molecule has 5 heteroatoms. The number of carbonyl (C=O) groups is 1. The zero-order valence-corrected chi connectivity index (χ0v) is 11.5. The lowest BCUT2D eigenvalue weighted by Crippen LogP contribution is -2.28. The maximum absolute atomic E-state index is 12.0. The molecule has 0 spiro atoms. The standard InChI is InChI=1S/C15H15ClN2O2/c16-13-8-11(17)6-7-12(13)15(20)18-9-14(19)10-4-2-1-3-5-10/h1-8,14,19H,9,17H2,(H,18,20). The van der Waals surface area contributed by atoms with Crippen LogP contribution < -0.4 is 11.1 Å². The topological polar surface area (TPSA) is 75.4 Å². The Morgan fingerprint density at radius 1 is 1.25 bits per heavy atom. The third-order valence-corrected chi connectivity index (χ3v) is 3.19. The van der Waals surface area contributed by atoms with E-state index in [0.29, 0.717) is 11.3 Å². The highest BCUT2D eigenvalue weighted by atomic mass is 35.5. The zero-order chi connectivity index (χ0) is 14.5. The van der Waals surface area contributed by atoms with E-state index in [1.165, 1.54) is 6.07 Å². The fraction of sp³-hybridized carbons (Fsp3) is 0.133. The Morgan fingerprint density at radius 3 is 2.60 bits per heavy atom. The second-order valence-electron chi connectivity index (χ2n) is 4.38. The molecule has 1 amide bonds. The first kappa shape index (κ1) is 14.4. The quantitative estimate of drug-likeness (QED) is 0.757. The molecule has 0 aliphatic heterocycles. The number of nitrogens with one attached hydrogen (secondary N) is 1. The Balaban J connectivity index is 1.99. The van der Waals surface area contributed by atoms with Crippen LogP contribution >= 0.6 is 11.6 Å². The molecule has 0 aliphatic rings. The van der Waals surface area contributed by atoms with Gasteiger partial charge in [-0.25, -0.2) is 0 Å². The molecule has 0 aliphatic carbocycles. The molecule has 4 nitrogen and oxygen atoms in total. The number of benzene rings is 2. The first-order valence-corrected chi connectivity index (χ1v) is 6.52. The van der Waals surface area contributed by atoms with Gasteiger partial charge in [0.15, 0.2) is 0 Å². The van der Waals surface area contributed by atoms with Crippen LogP contribution in [-0.2, 0) is 0 Å². The van der Waals surface area contributed by atoms with Crippen LogP contribution in [0.2, 0.25) is 5.02 Å². The maximum atomic E-state index is 12.0. The second-order valence-corrected chi connectivity index (χ2v) is 4.78. The third-order valence-electron chi connectivity index (χ3n) is 2.88. The molecule has 1 unspecified atom stereocenters. The highest BCUT2D eigenvalue weighted by Gasteiger charge is 2.13. The molecule has 0 saturated carbocycles. The van der Waals surface area contributed by atoms with Crippen molar-refractivity contribution in [3.63, 3.8) is 0 Å². The lowest BCUT2D eigenvalue weighted by atomic mass is 10.1. The number of nitrogens with two attached hydrogens (primary N) is 1. The molecule has 0 aromatic heterocycles. The molecular weight excluding hydrogens is 276 g/mol. The highest BCUT2D eigenvalue weighted by molar-refractivity contribution is 6.34. The molecule has 20 heavy (non-hydrogen) atoms. The van der Waals surface area contributed by atoms with Crippen LogP contribution in [0.15, 0.2) is 48.5 Å². The SMILES string of the molecule is Nc1ccc(C(=O)NCC(O)c2ccccc2)c(Cl)c1. The Morgan fingerprint density at radius 2 is 1.95 bits per heavy atom. The van der Waals surface area contributed by atoms with Crippen molar-refractivity contribution in [2.24, 2.45) is 0 Å². The van der Waals surface area contributed by atoms with Gasteiger partial charge < -0.3 is 16.2 Å². The van der Waals surface area contributed by atoms with Gasteiger partial charge in [0.05, 0.1) is 16.7 Å². The van der Waals surface area contributed by atoms with Crippen molar-refractivity contribution in [2.75, 3.05) is 12.3 Å². The van der Waals surface area contributed by atoms with Crippen molar-refractivity contribution >= 4 is 23.2 Å². The third kappa shape index (κ3) is 3.50. The predicted octanol–water partition coefficient (Wildman–Crippen LogP) is 2.39. The molecule has 0 radical (unpaired) electrons. The van der Waals surface area contributed by atoms with Crippen molar-refractivity contribution in [3.8, 4) is 0 Å². The van der Waals surface area contributed by atoms with E-state index in [1.807, 2.05) is 18.2 Å². The summed E-state index contributed by atoms with van der Waals surface area (Å²) in [7, 11) is 0. The molecule has 104 valence electrons. The molecule has 2 aromatic rings. The number of halogens is 1. The molecular formula is C15H15ClN2O2. The van der Waals surface area contributed by atoms with Crippen LogP contribution in [0, 0.1) is 0 Å². The fourth-order valence-corrected chi connectivity index (χ4v) is 2.07. The smallest absolute Gasteiger partial charge is 0.252 e. The number of anilines is 1. The van der Waals surface area contributed by atoms with Crippen LogP contribution in [0.25, 0.3) is 0 Å². The van der Waals surface area contributed by atoms with Gasteiger partial charge in [0.1, 0.15) is 0 Å². The lowest BCUT2D eigenvalue weighted by Gasteiger charge is -2.12. The predicted molar refractivity (Wildman–Crippen MR) is 79.6 cm³/mol. The number of hydrogen-bond acceptors (Lipinski definition) is 3. The van der Waals surface area contributed by atoms with Crippen LogP contribution in [-0.4, -0.2) is 17.6 Å². The van der Waals surface area contributed by atoms with E-state index in [0.717, 1.165) is 5.56 Å². The van der Waals surface area contributed by atoms with E-state index in [4.69, 9.17) is 17.3 Å². The van der Waals surface area contributed by atoms with Gasteiger partial charge in [0.25, 0.3) is 5.91 Å². The van der Waals surface area contributed by atoms with Gasteiger partial charge in [-0.1, -0.05) is 41.9 Å². The molecule has 0 fully saturated rings. The van der Waals surface area contributed by atoms with Crippen molar-refractivity contribution in [1.29, 1.82) is 0 Å². The fourth-order valence-electron chi connectivity index (χ4n) is 1.79. The first-order chi connectivity index (χ1) is 9.58. The largest absolute Gasteiger partial charge is 0.399 e. The first-order valence-electron chi connectivity index (χ1n) is 6.14. The van der Waals surface area contributed by atoms with Gasteiger partial charge in [-0.2, -0.15) is 0 Å². The molecule has 0 heterocycles. The highest BCUT2D eigenvalue weighted by Crippen LogP contribution is 2.19. The van der Waals surface area contributed by atoms with Crippen LogP contribution in [0.5, 0.6) is 0 Å². The monoisotopic (exact) mass is 290 g/mol. The van der Waals surface area contributed by atoms with Crippen molar-refractivity contribution in [3.05, 3.63) is 64.7 Å². The number of aliphatic hydroxyl groups is 1. The summed E-state index contributed by atoms with van der Waals surface area (Å²) in [5.74, 6) is -0.343. The summed E-state index contributed by atoms with van der Waals surface area (Å²) < 4.78 is 0. The molecule has 4 N–H and O–H groups in total. The summed E-state index contributed by atoms with van der Waals surface area (Å²) >= 11 is 5.95. The summed E-state index contributed by atoms with van der Waals surface area (Å²) in [6.45, 7) is 0.115. The van der Waals surface area contributed by atoms with Crippen LogP contribution in [0.3, 0.4) is 0 Å². The normalized spacial score (nSPS) is 11.9. The average Bonchev–Trinajstić information content (AvgIpc) is 2.45. The van der Waals surface area contributed by atoms with Crippen molar-refractivity contribution in [2.45, 2.75) is 6.10 Å². The Kier molecular flexibility index (Phi) is 4.61. The lowest BCUT2D eigenvalue weighted by molar-refractivity contribution is 0.0916. The average molecular weight is 291 g/mol. The van der Waals surface area contributed by atoms with Gasteiger partial charge in [-0.15, -0.1) is 0 Å². The number of aliphatic hydroxyl groups excluding tert-OH is 1. The van der Waals surface area contributed by atoms with Gasteiger partial charge >= 0.3 is 0 Å². The van der Waals surface area contributed by atoms with Gasteiger partial charge in [0.2, 0.25) is 0 Å². The van der Waals surface area contributed by atoms with Gasteiger partial charge in [-0.05, 0) is 23.8 Å². The Bertz CT molecular complexity index is 602.